The lowest BCUT2D eigenvalue weighted by Crippen LogP contribution is -2.72. The molecule has 8 fully saturated rings. The van der Waals surface area contributed by atoms with Crippen LogP contribution >= 0.6 is 0 Å². The van der Waals surface area contributed by atoms with Gasteiger partial charge in [0.25, 0.3) is 0 Å². The largest absolute Gasteiger partial charge is 0.460 e. The maximum absolute atomic E-state index is 14.6. The SMILES string of the molecule is CN(CCN(C)C(=O)O[C@H]1C[C@@]2(C)[C@@H](C[C@H]3O[C@@H](c4ccc(CC56CC(N)(C5)C6)cc4)O[C@]32C(=O)CO)[C@@H]2CCC3=CC(=O)C=C[C@]3(C)[C@H]21)C(=O)OCc1ccc(O[C@@H]2OC[C@@H](O)[C@H](O)[C@H]2O)c(NC(=O)CCNC(=O)CCC(=O)N2Cc3ccccc3C#Cc3ccccc32)c1. The van der Waals surface area contributed by atoms with Crippen LogP contribution in [0.15, 0.2) is 115 Å². The monoisotopic (exact) mass is 1330 g/mol. The lowest BCUT2D eigenvalue weighted by atomic mass is 9.38. The zero-order valence-corrected chi connectivity index (χ0v) is 54.9. The van der Waals surface area contributed by atoms with Gasteiger partial charge < -0.3 is 79.9 Å². The summed E-state index contributed by atoms with van der Waals surface area (Å²) in [5, 5.41) is 47.4. The molecule has 8 N–H and O–H groups in total. The van der Waals surface area contributed by atoms with Crippen LogP contribution in [0.2, 0.25) is 0 Å². The smallest absolute Gasteiger partial charge is 0.409 e. The summed E-state index contributed by atoms with van der Waals surface area (Å²) in [7, 11) is 3.05. The standard InChI is InChI=1S/C74H84N6O17/c1-70-27-25-50(82)32-49(70)20-21-51-52-33-59-74(58(84)37-81,97-66(96-59)47-16-13-43(14-17-47)34-72-40-73(75,41-72)42-72)71(52,2)35-57(63(51)70)95-69(91)79(4)30-29-78(3)68(90)93-38-44-15-22-56(94-67-65(89)64(88)55(83)39-92-67)53(31-44)77-61(86)26-28-76-60(85)23-24-62(87)80-36-48-11-6-5-9-45(48)18-19-46-10-7-8-12-54(46)80/h5-17,22,25,27,31-32,51-52,55,57,59,63-67,81,83,88-89H,20-21,23-24,26,28-30,33-42,75H2,1-4H3,(H,76,85)(H,77,86)/t51-,52-,55+,57-,59+,63+,64-,65+,66+,67-,70-,71-,72?,73?,74+/m0/s1. The molecular weight excluding hydrogens is 1240 g/mol. The first-order valence-corrected chi connectivity index (χ1v) is 33.5. The van der Waals surface area contributed by atoms with Crippen molar-refractivity contribution in [2.45, 2.75) is 152 Å². The number of nitrogens with one attached hydrogen (secondary N) is 2. The van der Waals surface area contributed by atoms with Crippen LogP contribution < -0.4 is 26.0 Å². The Morgan fingerprint density at radius 1 is 0.835 bits per heavy atom. The van der Waals surface area contributed by atoms with Crippen molar-refractivity contribution >= 4 is 52.8 Å². The topological polar surface area (TPSA) is 316 Å². The van der Waals surface area contributed by atoms with Gasteiger partial charge in [-0.05, 0) is 128 Å². The van der Waals surface area contributed by atoms with Crippen molar-refractivity contribution in [3.8, 4) is 17.6 Å². The molecule has 512 valence electrons. The Bertz CT molecular complexity index is 3900. The lowest BCUT2D eigenvalue weighted by Gasteiger charge is -2.69. The van der Waals surface area contributed by atoms with E-state index in [-0.39, 0.29) is 117 Å². The van der Waals surface area contributed by atoms with Crippen molar-refractivity contribution in [3.63, 3.8) is 0 Å². The van der Waals surface area contributed by atoms with Crippen LogP contribution in [0, 0.1) is 45.8 Å². The highest BCUT2D eigenvalue weighted by Crippen LogP contribution is 2.71. The van der Waals surface area contributed by atoms with E-state index in [1.807, 2.05) is 73.7 Å². The van der Waals surface area contributed by atoms with E-state index >= 15 is 0 Å². The van der Waals surface area contributed by atoms with Crippen molar-refractivity contribution in [3.05, 3.63) is 148 Å². The molecule has 6 saturated carbocycles. The number of aliphatic hydroxyl groups is 4. The number of benzene rings is 4. The van der Waals surface area contributed by atoms with Gasteiger partial charge in [0.1, 0.15) is 43.4 Å². The van der Waals surface area contributed by atoms with Crippen molar-refractivity contribution < 1.29 is 82.4 Å². The summed E-state index contributed by atoms with van der Waals surface area (Å²) in [6.07, 6.45) is 0.694. The van der Waals surface area contributed by atoms with Crippen LogP contribution in [-0.2, 0) is 67.2 Å². The third kappa shape index (κ3) is 12.8. The zero-order valence-electron chi connectivity index (χ0n) is 54.9. The number of hydrogen-bond donors (Lipinski definition) is 7. The first-order valence-electron chi connectivity index (χ1n) is 33.5. The second-order valence-corrected chi connectivity index (χ2v) is 28.7. The molecule has 10 aliphatic rings. The van der Waals surface area contributed by atoms with Gasteiger partial charge in [-0.1, -0.05) is 98.0 Å². The number of likely N-dealkylation sites (N-methyl/N-ethyl adjacent to an activating group) is 2. The van der Waals surface area contributed by atoms with Gasteiger partial charge in [-0.15, -0.1) is 0 Å². The predicted molar refractivity (Wildman–Crippen MR) is 350 cm³/mol. The summed E-state index contributed by atoms with van der Waals surface area (Å²) in [5.74, 6) is 3.83. The average molecular weight is 1330 g/mol. The number of Topliss-reactive ketones (excluding diaryl/α,β-unsaturated/α-hetero) is 1. The molecule has 2 saturated heterocycles. The highest BCUT2D eigenvalue weighted by atomic mass is 16.7. The van der Waals surface area contributed by atoms with E-state index in [1.54, 1.807) is 24.1 Å². The number of anilines is 2. The van der Waals surface area contributed by atoms with Gasteiger partial charge in [-0.25, -0.2) is 9.59 Å². The third-order valence-corrected chi connectivity index (χ3v) is 22.2. The highest BCUT2D eigenvalue weighted by Gasteiger charge is 2.76. The predicted octanol–water partition coefficient (Wildman–Crippen LogP) is 6.05. The van der Waals surface area contributed by atoms with Gasteiger partial charge in [0.15, 0.2) is 23.5 Å². The number of amides is 5. The number of ether oxygens (including phenoxy) is 6. The molecule has 0 unspecified atom stereocenters. The lowest BCUT2D eigenvalue weighted by molar-refractivity contribution is -0.241. The van der Waals surface area contributed by atoms with Crippen LogP contribution in [0.5, 0.6) is 5.75 Å². The minimum Gasteiger partial charge on any atom is -0.460 e. The molecule has 2 bridgehead atoms. The summed E-state index contributed by atoms with van der Waals surface area (Å²) in [4.78, 5) is 100. The highest BCUT2D eigenvalue weighted by molar-refractivity contribution is 6.01. The second-order valence-electron chi connectivity index (χ2n) is 28.7. The van der Waals surface area contributed by atoms with Gasteiger partial charge in [-0.3, -0.25) is 24.0 Å². The van der Waals surface area contributed by atoms with E-state index in [0.29, 0.717) is 36.1 Å². The van der Waals surface area contributed by atoms with Crippen molar-refractivity contribution in [2.24, 2.45) is 39.7 Å². The molecule has 0 radical (unpaired) electrons. The molecule has 13 atom stereocenters. The number of hydrogen-bond acceptors (Lipinski definition) is 18. The Morgan fingerprint density at radius 2 is 1.55 bits per heavy atom. The van der Waals surface area contributed by atoms with E-state index in [4.69, 9.17) is 34.2 Å². The Morgan fingerprint density at radius 3 is 2.30 bits per heavy atom. The number of fused-ring (bicyclic) bond motifs is 9. The fraction of sp³-hybridized carbons (Fsp3) is 0.500. The van der Waals surface area contributed by atoms with Crippen molar-refractivity contribution in [1.29, 1.82) is 0 Å². The number of allylic oxidation sites excluding steroid dienone is 4. The molecule has 7 aliphatic carbocycles. The molecule has 97 heavy (non-hydrogen) atoms. The summed E-state index contributed by atoms with van der Waals surface area (Å²) in [6.45, 7) is 2.79. The van der Waals surface area contributed by atoms with E-state index in [9.17, 15) is 54.0 Å². The van der Waals surface area contributed by atoms with E-state index in [0.717, 1.165) is 47.9 Å². The number of rotatable bonds is 20. The summed E-state index contributed by atoms with van der Waals surface area (Å²) < 4.78 is 37.5. The number of carbonyl (C=O) groups is 7. The molecule has 14 rings (SSSR count). The fourth-order valence-electron chi connectivity index (χ4n) is 17.4. The van der Waals surface area contributed by atoms with Gasteiger partial charge in [-0.2, -0.15) is 0 Å². The Balaban J connectivity index is 0.635. The molecule has 4 aromatic rings. The molecule has 5 amide bonds. The number of nitrogens with zero attached hydrogens (tertiary/aromatic N) is 3. The fourth-order valence-corrected chi connectivity index (χ4v) is 17.4. The van der Waals surface area contributed by atoms with Gasteiger partial charge in [0.05, 0.1) is 30.6 Å². The van der Waals surface area contributed by atoms with Crippen LogP contribution in [0.4, 0.5) is 21.0 Å². The van der Waals surface area contributed by atoms with Gasteiger partial charge in [0, 0.05) is 92.0 Å². The zero-order chi connectivity index (χ0) is 68.3. The van der Waals surface area contributed by atoms with Gasteiger partial charge in [0.2, 0.25) is 24.0 Å². The maximum atomic E-state index is 14.6. The molecular formula is C74H84N6O17. The van der Waals surface area contributed by atoms with Crippen molar-refractivity contribution in [1.82, 2.24) is 15.1 Å². The molecule has 3 aliphatic heterocycles. The molecule has 0 aromatic heterocycles. The third-order valence-electron chi connectivity index (χ3n) is 22.2. The van der Waals surface area contributed by atoms with Crippen LogP contribution in [-0.4, -0.2) is 167 Å². The summed E-state index contributed by atoms with van der Waals surface area (Å²) in [6, 6.07) is 27.5. The minimum absolute atomic E-state index is 0.00216. The molecule has 23 heteroatoms. The van der Waals surface area contributed by atoms with Gasteiger partial charge >= 0.3 is 12.2 Å². The van der Waals surface area contributed by atoms with E-state index in [1.165, 1.54) is 40.6 Å². The first kappa shape index (κ1) is 67.3. The number of ketones is 2. The van der Waals surface area contributed by atoms with Crippen LogP contribution in [0.25, 0.3) is 0 Å². The Kier molecular flexibility index (Phi) is 18.4. The first-order chi connectivity index (χ1) is 46.4. The number of aliphatic hydroxyl groups excluding tert-OH is 4. The summed E-state index contributed by atoms with van der Waals surface area (Å²) >= 11 is 0. The van der Waals surface area contributed by atoms with E-state index < -0.39 is 95.9 Å². The quantitative estimate of drug-likeness (QED) is 0.0495. The Labute approximate surface area is 562 Å². The normalized spacial score (nSPS) is 32.1. The number of para-hydroxylation sites is 1. The van der Waals surface area contributed by atoms with Crippen molar-refractivity contribution in [2.75, 3.05) is 57.2 Å². The molecule has 0 spiro atoms. The number of nitrogens with two attached hydrogens (primary N) is 1. The minimum atomic E-state index is -1.68. The molecule has 4 aromatic carbocycles. The second kappa shape index (κ2) is 26.5. The summed E-state index contributed by atoms with van der Waals surface area (Å²) in [5.41, 5.74) is 9.72. The van der Waals surface area contributed by atoms with Crippen LogP contribution in [0.1, 0.15) is 118 Å². The molecule has 23 nitrogen and oxygen atoms in total. The molecule has 3 heterocycles. The number of carbonyl (C=O) groups excluding carboxylic acids is 7. The Hall–Kier alpha value is -8.31. The van der Waals surface area contributed by atoms with E-state index in [2.05, 4.69) is 41.5 Å². The maximum Gasteiger partial charge on any atom is 0.409 e. The average Bonchev–Trinajstić information content (AvgIpc) is 1.63. The van der Waals surface area contributed by atoms with Crippen LogP contribution in [0.3, 0.4) is 0 Å².